The highest BCUT2D eigenvalue weighted by Crippen LogP contribution is 2.22. The van der Waals surface area contributed by atoms with E-state index in [1.54, 1.807) is 31.4 Å². The number of nitrogens with one attached hydrogen (secondary N) is 1. The van der Waals surface area contributed by atoms with Crippen LogP contribution >= 0.6 is 11.3 Å². The second-order valence-corrected chi connectivity index (χ2v) is 5.59. The Morgan fingerprint density at radius 3 is 2.52 bits per heavy atom. The van der Waals surface area contributed by atoms with Crippen molar-refractivity contribution in [2.24, 2.45) is 0 Å². The van der Waals surface area contributed by atoms with Crippen LogP contribution in [0.3, 0.4) is 0 Å². The lowest BCUT2D eigenvalue weighted by Gasteiger charge is -2.06. The van der Waals surface area contributed by atoms with Crippen molar-refractivity contribution in [1.82, 2.24) is 4.98 Å². The van der Waals surface area contributed by atoms with Gasteiger partial charge in [-0.15, -0.1) is 11.3 Å². The summed E-state index contributed by atoms with van der Waals surface area (Å²) in [5.41, 5.74) is 1.02. The Hall–Kier alpha value is -2.08. The lowest BCUT2D eigenvalue weighted by atomic mass is 10.3. The van der Waals surface area contributed by atoms with Crippen LogP contribution in [0.4, 0.5) is 5.13 Å². The molecule has 21 heavy (non-hydrogen) atoms. The number of nitrogens with zero attached hydrogens (tertiary/aromatic N) is 1. The van der Waals surface area contributed by atoms with Crippen LogP contribution in [0.25, 0.3) is 0 Å². The first-order chi connectivity index (χ1) is 10.1. The molecule has 0 atom stereocenters. The number of methoxy groups -OCH3 is 1. The minimum absolute atomic E-state index is 0.0492. The minimum atomic E-state index is -0.220. The highest BCUT2D eigenvalue weighted by molar-refractivity contribution is 7.15. The number of hydrogen-bond acceptors (Lipinski definition) is 5. The number of amides is 1. The van der Waals surface area contributed by atoms with Gasteiger partial charge in [-0.3, -0.25) is 10.1 Å². The summed E-state index contributed by atoms with van der Waals surface area (Å²) in [6, 6.07) is 7.08. The van der Waals surface area contributed by atoms with E-state index in [9.17, 15) is 4.79 Å². The SMILES string of the molecule is CCc1nc(NC(=O)COc2ccc(OC)cc2)sc1C. The first-order valence-electron chi connectivity index (χ1n) is 6.65. The zero-order valence-electron chi connectivity index (χ0n) is 12.3. The highest BCUT2D eigenvalue weighted by Gasteiger charge is 2.09. The molecule has 0 saturated heterocycles. The number of aryl methyl sites for hydroxylation is 2. The van der Waals surface area contributed by atoms with Crippen LogP contribution in [0, 0.1) is 6.92 Å². The number of hydrogen-bond donors (Lipinski definition) is 1. The van der Waals surface area contributed by atoms with Crippen molar-refractivity contribution in [2.75, 3.05) is 19.0 Å². The third-order valence-corrected chi connectivity index (χ3v) is 3.83. The average Bonchev–Trinajstić information content (AvgIpc) is 2.85. The summed E-state index contributed by atoms with van der Waals surface area (Å²) in [4.78, 5) is 17.3. The number of thiazole rings is 1. The van der Waals surface area contributed by atoms with Gasteiger partial charge < -0.3 is 9.47 Å². The summed E-state index contributed by atoms with van der Waals surface area (Å²) in [5.74, 6) is 1.15. The lowest BCUT2D eigenvalue weighted by Crippen LogP contribution is -2.20. The van der Waals surface area contributed by atoms with E-state index in [1.165, 1.54) is 11.3 Å². The minimum Gasteiger partial charge on any atom is -0.497 e. The van der Waals surface area contributed by atoms with E-state index >= 15 is 0 Å². The molecule has 1 amide bonds. The van der Waals surface area contributed by atoms with Gasteiger partial charge in [-0.25, -0.2) is 4.98 Å². The van der Waals surface area contributed by atoms with Crippen molar-refractivity contribution >= 4 is 22.4 Å². The number of carbonyl (C=O) groups excluding carboxylic acids is 1. The molecule has 112 valence electrons. The van der Waals surface area contributed by atoms with Gasteiger partial charge in [0.15, 0.2) is 11.7 Å². The Bertz CT molecular complexity index is 608. The maximum absolute atomic E-state index is 11.8. The van der Waals surface area contributed by atoms with E-state index in [-0.39, 0.29) is 12.5 Å². The van der Waals surface area contributed by atoms with Crippen molar-refractivity contribution in [3.63, 3.8) is 0 Å². The molecular weight excluding hydrogens is 288 g/mol. The van der Waals surface area contributed by atoms with Gasteiger partial charge in [0.25, 0.3) is 5.91 Å². The first-order valence-corrected chi connectivity index (χ1v) is 7.47. The topological polar surface area (TPSA) is 60.5 Å². The summed E-state index contributed by atoms with van der Waals surface area (Å²) in [7, 11) is 1.60. The van der Waals surface area contributed by atoms with Crippen LogP contribution in [0.15, 0.2) is 24.3 Å². The van der Waals surface area contributed by atoms with E-state index in [1.807, 2.05) is 13.8 Å². The maximum Gasteiger partial charge on any atom is 0.264 e. The molecule has 0 spiro atoms. The molecule has 0 saturated carbocycles. The second kappa shape index (κ2) is 7.08. The molecule has 0 unspecified atom stereocenters. The maximum atomic E-state index is 11.8. The largest absolute Gasteiger partial charge is 0.497 e. The standard InChI is InChI=1S/C15H18N2O3S/c1-4-13-10(2)21-15(16-13)17-14(18)9-20-12-7-5-11(19-3)6-8-12/h5-8H,4,9H2,1-3H3,(H,16,17,18). The zero-order valence-corrected chi connectivity index (χ0v) is 13.1. The molecule has 1 aromatic heterocycles. The molecule has 0 bridgehead atoms. The fourth-order valence-electron chi connectivity index (χ4n) is 1.79. The Morgan fingerprint density at radius 2 is 1.95 bits per heavy atom. The lowest BCUT2D eigenvalue weighted by molar-refractivity contribution is -0.118. The second-order valence-electron chi connectivity index (χ2n) is 4.39. The smallest absolute Gasteiger partial charge is 0.264 e. The molecule has 0 radical (unpaired) electrons. The molecule has 1 heterocycles. The van der Waals surface area contributed by atoms with Crippen LogP contribution < -0.4 is 14.8 Å². The fraction of sp³-hybridized carbons (Fsp3) is 0.333. The van der Waals surface area contributed by atoms with Gasteiger partial charge in [-0.05, 0) is 37.6 Å². The van der Waals surface area contributed by atoms with Crippen LogP contribution in [-0.4, -0.2) is 24.6 Å². The quantitative estimate of drug-likeness (QED) is 0.891. The van der Waals surface area contributed by atoms with Crippen LogP contribution in [0.5, 0.6) is 11.5 Å². The molecule has 0 aliphatic carbocycles. The fourth-order valence-corrected chi connectivity index (χ4v) is 2.70. The summed E-state index contributed by atoms with van der Waals surface area (Å²) in [5, 5.41) is 3.37. The van der Waals surface area contributed by atoms with Crippen molar-refractivity contribution in [3.8, 4) is 11.5 Å². The predicted molar refractivity (Wildman–Crippen MR) is 83.3 cm³/mol. The number of benzene rings is 1. The number of carbonyl (C=O) groups is 1. The molecule has 0 aliphatic rings. The van der Waals surface area contributed by atoms with Crippen LogP contribution in [0.2, 0.25) is 0 Å². The van der Waals surface area contributed by atoms with Crippen molar-refractivity contribution in [3.05, 3.63) is 34.8 Å². The summed E-state index contributed by atoms with van der Waals surface area (Å²) in [6.45, 7) is 3.99. The van der Waals surface area contributed by atoms with Gasteiger partial charge in [0.05, 0.1) is 12.8 Å². The van der Waals surface area contributed by atoms with Crippen molar-refractivity contribution in [2.45, 2.75) is 20.3 Å². The normalized spacial score (nSPS) is 10.2. The summed E-state index contributed by atoms with van der Waals surface area (Å²) >= 11 is 1.48. The van der Waals surface area contributed by atoms with E-state index in [4.69, 9.17) is 9.47 Å². The Balaban J connectivity index is 1.86. The summed E-state index contributed by atoms with van der Waals surface area (Å²) in [6.07, 6.45) is 0.862. The van der Waals surface area contributed by atoms with Crippen LogP contribution in [0.1, 0.15) is 17.5 Å². The van der Waals surface area contributed by atoms with Gasteiger partial charge in [0.1, 0.15) is 11.5 Å². The molecule has 5 nitrogen and oxygen atoms in total. The molecule has 2 rings (SSSR count). The van der Waals surface area contributed by atoms with E-state index in [2.05, 4.69) is 10.3 Å². The van der Waals surface area contributed by atoms with E-state index in [0.29, 0.717) is 10.9 Å². The summed E-state index contributed by atoms with van der Waals surface area (Å²) < 4.78 is 10.5. The third-order valence-electron chi connectivity index (χ3n) is 2.90. The number of rotatable bonds is 6. The molecule has 2 aromatic rings. The molecule has 6 heteroatoms. The predicted octanol–water partition coefficient (Wildman–Crippen LogP) is 3.04. The monoisotopic (exact) mass is 306 g/mol. The Kier molecular flexibility index (Phi) is 5.16. The van der Waals surface area contributed by atoms with Gasteiger partial charge in [0, 0.05) is 4.88 Å². The number of ether oxygens (including phenoxy) is 2. The van der Waals surface area contributed by atoms with E-state index in [0.717, 1.165) is 22.7 Å². The highest BCUT2D eigenvalue weighted by atomic mass is 32.1. The third kappa shape index (κ3) is 4.19. The molecule has 1 N–H and O–H groups in total. The zero-order chi connectivity index (χ0) is 15.2. The molecule has 0 fully saturated rings. The molecule has 1 aromatic carbocycles. The Labute approximate surface area is 127 Å². The Morgan fingerprint density at radius 1 is 1.29 bits per heavy atom. The van der Waals surface area contributed by atoms with Crippen molar-refractivity contribution in [1.29, 1.82) is 0 Å². The van der Waals surface area contributed by atoms with Gasteiger partial charge >= 0.3 is 0 Å². The molecular formula is C15H18N2O3S. The number of anilines is 1. The van der Waals surface area contributed by atoms with E-state index < -0.39 is 0 Å². The van der Waals surface area contributed by atoms with Gasteiger partial charge in [-0.2, -0.15) is 0 Å². The first kappa shape index (κ1) is 15.3. The average molecular weight is 306 g/mol. The van der Waals surface area contributed by atoms with Crippen LogP contribution in [-0.2, 0) is 11.2 Å². The van der Waals surface area contributed by atoms with Gasteiger partial charge in [0.2, 0.25) is 0 Å². The number of aromatic nitrogens is 1. The van der Waals surface area contributed by atoms with Crippen molar-refractivity contribution < 1.29 is 14.3 Å². The molecule has 0 aliphatic heterocycles. The van der Waals surface area contributed by atoms with Gasteiger partial charge in [-0.1, -0.05) is 6.92 Å².